The van der Waals surface area contributed by atoms with Crippen molar-refractivity contribution >= 4 is 34.9 Å². The van der Waals surface area contributed by atoms with Crippen molar-refractivity contribution in [3.05, 3.63) is 86.4 Å². The maximum atomic E-state index is 12.6. The second-order valence-corrected chi connectivity index (χ2v) is 6.67. The number of carbonyl (C=O) groups excluding carboxylic acids is 1. The summed E-state index contributed by atoms with van der Waals surface area (Å²) in [6, 6.07) is 16.5. The number of ether oxygens (including phenoxy) is 1. The van der Waals surface area contributed by atoms with Gasteiger partial charge in [-0.05, 0) is 30.7 Å². The number of carbonyl (C=O) groups is 1. The molecule has 0 aromatic heterocycles. The van der Waals surface area contributed by atoms with Crippen LogP contribution in [0.15, 0.2) is 60.7 Å². The van der Waals surface area contributed by atoms with E-state index in [-0.39, 0.29) is 33.5 Å². The molecular formula is C21H15Cl2NO4. The molecule has 0 spiro atoms. The molecule has 3 aromatic carbocycles. The van der Waals surface area contributed by atoms with Gasteiger partial charge in [0.2, 0.25) is 0 Å². The molecule has 0 saturated carbocycles. The van der Waals surface area contributed by atoms with Gasteiger partial charge in [-0.25, -0.2) is 4.79 Å². The van der Waals surface area contributed by atoms with Crippen molar-refractivity contribution in [1.82, 2.24) is 0 Å². The molecule has 142 valence electrons. The van der Waals surface area contributed by atoms with Gasteiger partial charge >= 0.3 is 5.97 Å². The van der Waals surface area contributed by atoms with Gasteiger partial charge in [0.1, 0.15) is 0 Å². The summed E-state index contributed by atoms with van der Waals surface area (Å²) in [6.07, 6.45) is 0. The first-order chi connectivity index (χ1) is 13.4. The van der Waals surface area contributed by atoms with Gasteiger partial charge in [0.05, 0.1) is 32.7 Å². The van der Waals surface area contributed by atoms with E-state index in [1.165, 1.54) is 12.1 Å². The van der Waals surface area contributed by atoms with E-state index in [4.69, 9.17) is 27.9 Å². The van der Waals surface area contributed by atoms with Crippen LogP contribution in [0.5, 0.6) is 0 Å². The average Bonchev–Trinajstić information content (AvgIpc) is 2.68. The van der Waals surface area contributed by atoms with E-state index < -0.39 is 10.9 Å². The number of nitro groups is 1. The van der Waals surface area contributed by atoms with Gasteiger partial charge in [-0.2, -0.15) is 0 Å². The van der Waals surface area contributed by atoms with Crippen molar-refractivity contribution in [3.8, 4) is 22.3 Å². The first kappa shape index (κ1) is 19.9. The highest BCUT2D eigenvalue weighted by Crippen LogP contribution is 2.42. The van der Waals surface area contributed by atoms with Gasteiger partial charge in [-0.3, -0.25) is 10.1 Å². The van der Waals surface area contributed by atoms with Crippen LogP contribution in [0.1, 0.15) is 17.3 Å². The van der Waals surface area contributed by atoms with Gasteiger partial charge < -0.3 is 4.74 Å². The van der Waals surface area contributed by atoms with Crippen LogP contribution in [0.4, 0.5) is 5.69 Å². The third-order valence-electron chi connectivity index (χ3n) is 4.14. The predicted molar refractivity (Wildman–Crippen MR) is 110 cm³/mol. The van der Waals surface area contributed by atoms with Gasteiger partial charge in [0, 0.05) is 17.2 Å². The summed E-state index contributed by atoms with van der Waals surface area (Å²) in [6.45, 7) is 1.86. The molecule has 0 bridgehead atoms. The van der Waals surface area contributed by atoms with Crippen LogP contribution in [-0.2, 0) is 4.74 Å². The lowest BCUT2D eigenvalue weighted by atomic mass is 9.93. The maximum Gasteiger partial charge on any atom is 0.338 e. The fourth-order valence-corrected chi connectivity index (χ4v) is 3.53. The quantitative estimate of drug-likeness (QED) is 0.274. The molecule has 0 N–H and O–H groups in total. The second kappa shape index (κ2) is 8.42. The monoisotopic (exact) mass is 415 g/mol. The van der Waals surface area contributed by atoms with Crippen molar-refractivity contribution in [2.45, 2.75) is 6.92 Å². The molecular weight excluding hydrogens is 401 g/mol. The number of nitro benzene ring substituents is 1. The van der Waals surface area contributed by atoms with Gasteiger partial charge in [0.15, 0.2) is 0 Å². The Morgan fingerprint density at radius 3 is 2.21 bits per heavy atom. The number of benzene rings is 3. The summed E-state index contributed by atoms with van der Waals surface area (Å²) in [5, 5.41) is 12.3. The van der Waals surface area contributed by atoms with E-state index >= 15 is 0 Å². The van der Waals surface area contributed by atoms with Crippen molar-refractivity contribution in [1.29, 1.82) is 0 Å². The van der Waals surface area contributed by atoms with Gasteiger partial charge in [0.25, 0.3) is 5.69 Å². The van der Waals surface area contributed by atoms with Crippen LogP contribution < -0.4 is 0 Å². The zero-order valence-electron chi connectivity index (χ0n) is 14.8. The van der Waals surface area contributed by atoms with Crippen molar-refractivity contribution in [2.75, 3.05) is 6.61 Å². The van der Waals surface area contributed by atoms with E-state index in [0.717, 1.165) is 0 Å². The minimum Gasteiger partial charge on any atom is -0.462 e. The lowest BCUT2D eigenvalue weighted by molar-refractivity contribution is -0.384. The third-order valence-corrected chi connectivity index (χ3v) is 4.77. The molecule has 0 aliphatic carbocycles. The molecule has 7 heteroatoms. The summed E-state index contributed by atoms with van der Waals surface area (Å²) in [4.78, 5) is 23.9. The molecule has 0 fully saturated rings. The Hall–Kier alpha value is -2.89. The minimum atomic E-state index is -0.583. The Labute approximate surface area is 171 Å². The molecule has 0 atom stereocenters. The lowest BCUT2D eigenvalue weighted by Gasteiger charge is -2.14. The zero-order valence-corrected chi connectivity index (χ0v) is 16.3. The van der Waals surface area contributed by atoms with E-state index in [9.17, 15) is 14.9 Å². The first-order valence-electron chi connectivity index (χ1n) is 8.43. The van der Waals surface area contributed by atoms with Crippen LogP contribution in [0.2, 0.25) is 10.0 Å². The summed E-state index contributed by atoms with van der Waals surface area (Å²) in [5.74, 6) is -0.583. The fourth-order valence-electron chi connectivity index (χ4n) is 2.93. The minimum absolute atomic E-state index is 0.156. The molecule has 0 aliphatic heterocycles. The van der Waals surface area contributed by atoms with E-state index in [2.05, 4.69) is 0 Å². The molecule has 3 aromatic rings. The molecule has 0 saturated heterocycles. The van der Waals surface area contributed by atoms with Crippen LogP contribution in [0, 0.1) is 10.1 Å². The van der Waals surface area contributed by atoms with Crippen LogP contribution >= 0.6 is 23.2 Å². The fraction of sp³-hybridized carbons (Fsp3) is 0.0952. The summed E-state index contributed by atoms with van der Waals surface area (Å²) < 4.78 is 5.17. The molecule has 3 rings (SSSR count). The molecule has 0 aliphatic rings. The van der Waals surface area contributed by atoms with Crippen LogP contribution in [0.3, 0.4) is 0 Å². The smallest absolute Gasteiger partial charge is 0.338 e. The highest BCUT2D eigenvalue weighted by atomic mass is 35.5. The van der Waals surface area contributed by atoms with E-state index in [1.807, 2.05) is 6.07 Å². The topological polar surface area (TPSA) is 69.4 Å². The molecule has 5 nitrogen and oxygen atoms in total. The SMILES string of the molecule is CCOC(=O)c1cc(-c2c(Cl)cccc2Cl)c([N+](=O)[O-])cc1-c1ccccc1. The molecule has 28 heavy (non-hydrogen) atoms. The predicted octanol–water partition coefficient (Wildman–Crippen LogP) is 6.41. The van der Waals surface area contributed by atoms with Gasteiger partial charge in [-0.1, -0.05) is 59.6 Å². The molecule has 0 heterocycles. The molecule has 0 unspecified atom stereocenters. The largest absolute Gasteiger partial charge is 0.462 e. The van der Waals surface area contributed by atoms with Crippen molar-refractivity contribution in [2.24, 2.45) is 0 Å². The van der Waals surface area contributed by atoms with Crippen LogP contribution in [-0.4, -0.2) is 17.5 Å². The number of esters is 1. The maximum absolute atomic E-state index is 12.6. The second-order valence-electron chi connectivity index (χ2n) is 5.86. The number of halogens is 2. The zero-order chi connectivity index (χ0) is 20.3. The highest BCUT2D eigenvalue weighted by molar-refractivity contribution is 6.39. The Kier molecular flexibility index (Phi) is 5.97. The van der Waals surface area contributed by atoms with Crippen molar-refractivity contribution in [3.63, 3.8) is 0 Å². The summed E-state index contributed by atoms with van der Waals surface area (Å²) in [5.41, 5.74) is 1.50. The van der Waals surface area contributed by atoms with E-state index in [0.29, 0.717) is 16.7 Å². The standard InChI is InChI=1S/C21H15Cl2NO4/c1-2-28-21(25)15-11-16(20-17(22)9-6-10-18(20)23)19(24(26)27)12-14(15)13-7-4-3-5-8-13/h3-12H,2H2,1H3. The van der Waals surface area contributed by atoms with Crippen LogP contribution in [0.25, 0.3) is 22.3 Å². The number of hydrogen-bond donors (Lipinski definition) is 0. The Morgan fingerprint density at radius 2 is 1.64 bits per heavy atom. The summed E-state index contributed by atoms with van der Waals surface area (Å²) in [7, 11) is 0. The van der Waals surface area contributed by atoms with Crippen molar-refractivity contribution < 1.29 is 14.5 Å². The Bertz CT molecular complexity index is 1030. The van der Waals surface area contributed by atoms with Gasteiger partial charge in [-0.15, -0.1) is 0 Å². The molecule has 0 amide bonds. The summed E-state index contributed by atoms with van der Waals surface area (Å²) >= 11 is 12.5. The van der Waals surface area contributed by atoms with E-state index in [1.54, 1.807) is 49.4 Å². The number of hydrogen-bond acceptors (Lipinski definition) is 4. The third kappa shape index (κ3) is 3.86. The normalized spacial score (nSPS) is 10.5. The lowest BCUT2D eigenvalue weighted by Crippen LogP contribution is -2.08. The highest BCUT2D eigenvalue weighted by Gasteiger charge is 2.26. The number of nitrogens with zero attached hydrogens (tertiary/aromatic N) is 1. The first-order valence-corrected chi connectivity index (χ1v) is 9.19. The molecule has 0 radical (unpaired) electrons. The Balaban J connectivity index is 2.37. The Morgan fingerprint density at radius 1 is 1.00 bits per heavy atom. The number of rotatable bonds is 5. The average molecular weight is 416 g/mol.